The van der Waals surface area contributed by atoms with Crippen molar-refractivity contribution in [2.45, 2.75) is 82.6 Å². The van der Waals surface area contributed by atoms with Crippen molar-refractivity contribution in [2.75, 3.05) is 6.61 Å². The third-order valence-corrected chi connectivity index (χ3v) is 8.19. The lowest BCUT2D eigenvalue weighted by Crippen LogP contribution is -2.69. The maximum atomic E-state index is 13.8. The predicted octanol–water partition coefficient (Wildman–Crippen LogP) is 1.63. The Morgan fingerprint density at radius 2 is 1.93 bits per heavy atom. The topological polar surface area (TPSA) is 96.2 Å². The second kappa shape index (κ2) is 5.35. The summed E-state index contributed by atoms with van der Waals surface area (Å²) in [5.41, 5.74) is -0.611. The lowest BCUT2D eigenvalue weighted by atomic mass is 9.50. The number of fused-ring (bicyclic) bond motifs is 4. The van der Waals surface area contributed by atoms with Crippen LogP contribution in [0.3, 0.4) is 0 Å². The van der Waals surface area contributed by atoms with Crippen LogP contribution in [0, 0.1) is 17.3 Å². The molecule has 3 aliphatic carbocycles. The molecular formula is C22H30O6. The Hall–Kier alpha value is -1.05. The number of ketones is 1. The van der Waals surface area contributed by atoms with Gasteiger partial charge in [0.25, 0.3) is 0 Å². The van der Waals surface area contributed by atoms with Gasteiger partial charge in [0.1, 0.15) is 11.7 Å². The molecule has 0 aromatic heterocycles. The monoisotopic (exact) mass is 390 g/mol. The van der Waals surface area contributed by atoms with E-state index in [1.54, 1.807) is 0 Å². The summed E-state index contributed by atoms with van der Waals surface area (Å²) in [4.78, 5) is 13.8. The number of hydrogen-bond donors (Lipinski definition) is 3. The van der Waals surface area contributed by atoms with E-state index in [1.165, 1.54) is 5.57 Å². The summed E-state index contributed by atoms with van der Waals surface area (Å²) in [6.07, 6.45) is 2.49. The molecule has 2 saturated heterocycles. The molecule has 0 radical (unpaired) electrons. The van der Waals surface area contributed by atoms with Crippen LogP contribution in [0.2, 0.25) is 0 Å². The predicted molar refractivity (Wildman–Crippen MR) is 100 cm³/mol. The molecule has 2 bridgehead atoms. The van der Waals surface area contributed by atoms with Gasteiger partial charge in [-0.2, -0.15) is 0 Å². The molecule has 1 spiro atoms. The quantitative estimate of drug-likeness (QED) is 0.589. The summed E-state index contributed by atoms with van der Waals surface area (Å²) in [6, 6.07) is 0. The molecule has 28 heavy (non-hydrogen) atoms. The van der Waals surface area contributed by atoms with Crippen molar-refractivity contribution in [3.8, 4) is 0 Å². The molecular weight excluding hydrogens is 360 g/mol. The van der Waals surface area contributed by atoms with Crippen LogP contribution in [0.25, 0.3) is 0 Å². The molecule has 3 N–H and O–H groups in total. The highest BCUT2D eigenvalue weighted by Gasteiger charge is 2.81. The molecule has 6 heteroatoms. The van der Waals surface area contributed by atoms with E-state index in [2.05, 4.69) is 0 Å². The summed E-state index contributed by atoms with van der Waals surface area (Å²) in [5, 5.41) is 34.0. The van der Waals surface area contributed by atoms with Gasteiger partial charge in [0.15, 0.2) is 5.78 Å². The minimum absolute atomic E-state index is 0.0506. The number of hydrogen-bond acceptors (Lipinski definition) is 6. The van der Waals surface area contributed by atoms with Gasteiger partial charge in [-0.25, -0.2) is 0 Å². The average molecular weight is 390 g/mol. The number of Topliss-reactive ketones (excluding diaryl/α,β-unsaturated/α-hetero) is 1. The standard InChI is InChI=1S/C22H30O6/c1-11(2)7-15-17-12(3)13-5-6-19(4,24)14(13)8-21(17)18(23)20(25)9-16(27-10-20)22(21,26)28-15/h7,14-17,24-26H,5-6,8-10H2,1-4H3. The zero-order valence-corrected chi connectivity index (χ0v) is 17.0. The Bertz CT molecular complexity index is 823. The summed E-state index contributed by atoms with van der Waals surface area (Å²) in [7, 11) is 0. The summed E-state index contributed by atoms with van der Waals surface area (Å²) < 4.78 is 12.0. The molecule has 8 unspecified atom stereocenters. The number of aliphatic hydroxyl groups is 3. The molecule has 154 valence electrons. The summed E-state index contributed by atoms with van der Waals surface area (Å²) in [5.74, 6) is -2.78. The molecule has 8 atom stereocenters. The molecule has 0 aromatic rings. The van der Waals surface area contributed by atoms with Crippen LogP contribution < -0.4 is 0 Å². The van der Waals surface area contributed by atoms with Gasteiger partial charge in [0.05, 0.1) is 23.7 Å². The van der Waals surface area contributed by atoms with Gasteiger partial charge in [-0.05, 0) is 47.0 Å². The van der Waals surface area contributed by atoms with E-state index in [9.17, 15) is 20.1 Å². The van der Waals surface area contributed by atoms with Crippen LogP contribution in [-0.4, -0.2) is 56.9 Å². The molecule has 0 amide bonds. The molecule has 4 fully saturated rings. The fourth-order valence-electron chi connectivity index (χ4n) is 6.93. The third-order valence-electron chi connectivity index (χ3n) is 8.19. The van der Waals surface area contributed by atoms with Crippen LogP contribution >= 0.6 is 0 Å². The van der Waals surface area contributed by atoms with E-state index < -0.39 is 34.6 Å². The average Bonchev–Trinajstić information content (AvgIpc) is 3.20. The van der Waals surface area contributed by atoms with E-state index in [4.69, 9.17) is 9.47 Å². The minimum atomic E-state index is -1.81. The van der Waals surface area contributed by atoms with Crippen molar-refractivity contribution in [3.63, 3.8) is 0 Å². The third kappa shape index (κ3) is 1.98. The first-order chi connectivity index (χ1) is 13.0. The second-order valence-corrected chi connectivity index (χ2v) is 10.2. The van der Waals surface area contributed by atoms with Crippen molar-refractivity contribution in [3.05, 3.63) is 22.8 Å². The Balaban J connectivity index is 1.77. The van der Waals surface area contributed by atoms with Gasteiger partial charge in [-0.1, -0.05) is 22.8 Å². The normalized spacial score (nSPS) is 54.5. The second-order valence-electron chi connectivity index (χ2n) is 10.2. The van der Waals surface area contributed by atoms with E-state index in [0.29, 0.717) is 6.42 Å². The number of carbonyl (C=O) groups is 1. The van der Waals surface area contributed by atoms with Gasteiger partial charge in [-0.15, -0.1) is 0 Å². The summed E-state index contributed by atoms with van der Waals surface area (Å²) in [6.45, 7) is 7.64. The fraction of sp³-hybridized carbons (Fsp3) is 0.773. The maximum absolute atomic E-state index is 13.8. The SMILES string of the molecule is CC(C)=CC1OC2(O)C3CC(O)(CO3)C(=O)C23CC2C(=C(C)C13)CCC2(C)O. The van der Waals surface area contributed by atoms with Crippen LogP contribution in [0.5, 0.6) is 0 Å². The highest BCUT2D eigenvalue weighted by Crippen LogP contribution is 2.69. The van der Waals surface area contributed by atoms with Gasteiger partial charge < -0.3 is 24.8 Å². The van der Waals surface area contributed by atoms with Crippen LogP contribution in [-0.2, 0) is 14.3 Å². The van der Waals surface area contributed by atoms with E-state index in [1.807, 2.05) is 33.8 Å². The largest absolute Gasteiger partial charge is 0.390 e. The molecule has 2 aliphatic heterocycles. The van der Waals surface area contributed by atoms with Gasteiger partial charge in [-0.3, -0.25) is 4.79 Å². The number of ether oxygens (including phenoxy) is 2. The van der Waals surface area contributed by atoms with Crippen LogP contribution in [0.4, 0.5) is 0 Å². The fourth-order valence-corrected chi connectivity index (χ4v) is 6.93. The Kier molecular flexibility index (Phi) is 3.62. The minimum Gasteiger partial charge on any atom is -0.390 e. The lowest BCUT2D eigenvalue weighted by Gasteiger charge is -2.53. The molecule has 5 rings (SSSR count). The van der Waals surface area contributed by atoms with Crippen molar-refractivity contribution in [2.24, 2.45) is 17.3 Å². The number of allylic oxidation sites excluding steroid dienone is 1. The first-order valence-electron chi connectivity index (χ1n) is 10.3. The van der Waals surface area contributed by atoms with E-state index in [0.717, 1.165) is 17.6 Å². The van der Waals surface area contributed by atoms with Crippen LogP contribution in [0.15, 0.2) is 22.8 Å². The highest BCUT2D eigenvalue weighted by atomic mass is 16.7. The first kappa shape index (κ1) is 18.9. The van der Waals surface area contributed by atoms with E-state index >= 15 is 0 Å². The van der Waals surface area contributed by atoms with Gasteiger partial charge in [0.2, 0.25) is 5.79 Å². The molecule has 2 saturated carbocycles. The highest BCUT2D eigenvalue weighted by molar-refractivity contribution is 5.96. The van der Waals surface area contributed by atoms with Crippen molar-refractivity contribution < 1.29 is 29.6 Å². The molecule has 0 aromatic carbocycles. The lowest BCUT2D eigenvalue weighted by molar-refractivity contribution is -0.289. The Morgan fingerprint density at radius 1 is 1.21 bits per heavy atom. The van der Waals surface area contributed by atoms with Gasteiger partial charge in [0, 0.05) is 18.3 Å². The maximum Gasteiger partial charge on any atom is 0.206 e. The van der Waals surface area contributed by atoms with Crippen LogP contribution in [0.1, 0.15) is 53.4 Å². The van der Waals surface area contributed by atoms with Crippen molar-refractivity contribution >= 4 is 5.78 Å². The Morgan fingerprint density at radius 3 is 2.61 bits per heavy atom. The van der Waals surface area contributed by atoms with Gasteiger partial charge >= 0.3 is 0 Å². The smallest absolute Gasteiger partial charge is 0.206 e. The van der Waals surface area contributed by atoms with E-state index in [-0.39, 0.29) is 37.1 Å². The molecule has 2 heterocycles. The zero-order chi connectivity index (χ0) is 20.3. The number of carbonyl (C=O) groups excluding carboxylic acids is 1. The summed E-state index contributed by atoms with van der Waals surface area (Å²) >= 11 is 0. The molecule has 5 aliphatic rings. The van der Waals surface area contributed by atoms with Crippen molar-refractivity contribution in [1.29, 1.82) is 0 Å². The van der Waals surface area contributed by atoms with Crippen molar-refractivity contribution in [1.82, 2.24) is 0 Å². The number of rotatable bonds is 1. The zero-order valence-electron chi connectivity index (χ0n) is 17.0. The Labute approximate surface area is 165 Å². The molecule has 6 nitrogen and oxygen atoms in total. The first-order valence-corrected chi connectivity index (χ1v) is 10.3.